The highest BCUT2D eigenvalue weighted by atomic mass is 35.5. The van der Waals surface area contributed by atoms with E-state index in [1.165, 1.54) is 55.8 Å². The van der Waals surface area contributed by atoms with Crippen LogP contribution in [0.3, 0.4) is 0 Å². The van der Waals surface area contributed by atoms with Gasteiger partial charge in [-0.3, -0.25) is 4.79 Å². The number of nitrogens with one attached hydrogen (secondary N) is 1. The molecule has 0 radical (unpaired) electrons. The maximum absolute atomic E-state index is 13.2. The average molecular weight is 490 g/mol. The Bertz CT molecular complexity index is 1430. The van der Waals surface area contributed by atoms with Crippen LogP contribution in [0.1, 0.15) is 9.67 Å². The molecule has 0 saturated carbocycles. The minimum atomic E-state index is -3.77. The molecule has 4 rings (SSSR count). The molecule has 164 valence electrons. The van der Waals surface area contributed by atoms with Crippen LogP contribution in [0, 0.1) is 5.82 Å². The van der Waals surface area contributed by atoms with Crippen molar-refractivity contribution in [2.45, 2.75) is 4.90 Å². The second-order valence-electron chi connectivity index (χ2n) is 7.12. The predicted octanol–water partition coefficient (Wildman–Crippen LogP) is 5.26. The summed E-state index contributed by atoms with van der Waals surface area (Å²) in [5.74, 6) is -0.715. The zero-order valence-electron chi connectivity index (χ0n) is 17.0. The standard InChI is InChI=1S/C22H17ClFN3O3S2/c1-27(2)32(29,30)20-11-17(7-8-18(20)23)26-21(28)19-10-14-9-15(12-25-22(14)31-19)13-3-5-16(24)6-4-13/h3-12H,1-2H3,(H,26,28). The van der Waals surface area contributed by atoms with Crippen LogP contribution in [-0.2, 0) is 10.0 Å². The summed E-state index contributed by atoms with van der Waals surface area (Å²) in [6.07, 6.45) is 1.67. The average Bonchev–Trinajstić information content (AvgIpc) is 3.19. The molecule has 32 heavy (non-hydrogen) atoms. The summed E-state index contributed by atoms with van der Waals surface area (Å²) in [4.78, 5) is 18.2. The molecular formula is C22H17ClFN3O3S2. The Morgan fingerprint density at radius 1 is 1.06 bits per heavy atom. The van der Waals surface area contributed by atoms with Crippen LogP contribution < -0.4 is 5.32 Å². The molecule has 2 heterocycles. The van der Waals surface area contributed by atoms with Crippen LogP contribution >= 0.6 is 22.9 Å². The molecule has 0 bridgehead atoms. The summed E-state index contributed by atoms with van der Waals surface area (Å²) in [7, 11) is -0.957. The lowest BCUT2D eigenvalue weighted by atomic mass is 10.1. The number of hydrogen-bond donors (Lipinski definition) is 1. The number of thiophene rings is 1. The minimum Gasteiger partial charge on any atom is -0.321 e. The van der Waals surface area contributed by atoms with Gasteiger partial charge in [-0.05, 0) is 48.0 Å². The summed E-state index contributed by atoms with van der Waals surface area (Å²) < 4.78 is 39.1. The molecule has 0 aliphatic heterocycles. The molecule has 0 fully saturated rings. The van der Waals surface area contributed by atoms with Gasteiger partial charge in [0, 0.05) is 36.9 Å². The Morgan fingerprint density at radius 3 is 2.47 bits per heavy atom. The second-order valence-corrected chi connectivity index (χ2v) is 10.7. The number of pyridine rings is 1. The first-order chi connectivity index (χ1) is 15.1. The van der Waals surface area contributed by atoms with E-state index in [-0.39, 0.29) is 15.7 Å². The summed E-state index contributed by atoms with van der Waals surface area (Å²) in [6.45, 7) is 0. The number of halogens is 2. The fraction of sp³-hybridized carbons (Fsp3) is 0.0909. The third-order valence-corrected chi connectivity index (χ3v) is 8.08. The SMILES string of the molecule is CN(C)S(=O)(=O)c1cc(NC(=O)c2cc3cc(-c4ccc(F)cc4)cnc3s2)ccc1Cl. The number of fused-ring (bicyclic) bond motifs is 1. The van der Waals surface area contributed by atoms with Crippen LogP contribution in [0.15, 0.2) is 65.7 Å². The minimum absolute atomic E-state index is 0.0658. The molecular weight excluding hydrogens is 473 g/mol. The highest BCUT2D eigenvalue weighted by Crippen LogP contribution is 2.30. The highest BCUT2D eigenvalue weighted by molar-refractivity contribution is 7.89. The molecule has 4 aromatic rings. The van der Waals surface area contributed by atoms with Crippen LogP contribution in [0.5, 0.6) is 0 Å². The normalized spacial score (nSPS) is 11.8. The van der Waals surface area contributed by atoms with Gasteiger partial charge >= 0.3 is 0 Å². The van der Waals surface area contributed by atoms with E-state index in [0.717, 1.165) is 20.8 Å². The zero-order chi connectivity index (χ0) is 23.0. The first kappa shape index (κ1) is 22.3. The molecule has 0 aliphatic rings. The molecule has 2 aromatic carbocycles. The molecule has 1 N–H and O–H groups in total. The summed E-state index contributed by atoms with van der Waals surface area (Å²) >= 11 is 7.27. The van der Waals surface area contributed by atoms with Gasteiger partial charge in [0.25, 0.3) is 5.91 Å². The van der Waals surface area contributed by atoms with Crippen molar-refractivity contribution in [3.05, 3.63) is 76.5 Å². The Labute approximate surface area is 193 Å². The largest absolute Gasteiger partial charge is 0.321 e. The smallest absolute Gasteiger partial charge is 0.265 e. The third-order valence-electron chi connectivity index (χ3n) is 4.72. The molecule has 0 atom stereocenters. The number of aromatic nitrogens is 1. The summed E-state index contributed by atoms with van der Waals surface area (Å²) in [5.41, 5.74) is 1.92. The Balaban J connectivity index is 1.61. The zero-order valence-corrected chi connectivity index (χ0v) is 19.4. The molecule has 2 aromatic heterocycles. The number of hydrogen-bond acceptors (Lipinski definition) is 5. The molecule has 10 heteroatoms. The van der Waals surface area contributed by atoms with Crippen LogP contribution in [0.2, 0.25) is 5.02 Å². The molecule has 1 amide bonds. The maximum atomic E-state index is 13.2. The van der Waals surface area contributed by atoms with E-state index in [4.69, 9.17) is 11.6 Å². The van der Waals surface area contributed by atoms with Gasteiger partial charge in [-0.2, -0.15) is 0 Å². The first-order valence-corrected chi connectivity index (χ1v) is 12.0. The van der Waals surface area contributed by atoms with Gasteiger partial charge in [0.05, 0.1) is 9.90 Å². The second kappa shape index (κ2) is 8.59. The van der Waals surface area contributed by atoms with E-state index < -0.39 is 15.9 Å². The van der Waals surface area contributed by atoms with E-state index in [9.17, 15) is 17.6 Å². The number of carbonyl (C=O) groups excluding carboxylic acids is 1. The van der Waals surface area contributed by atoms with E-state index in [2.05, 4.69) is 10.3 Å². The van der Waals surface area contributed by atoms with Gasteiger partial charge in [0.2, 0.25) is 10.0 Å². The summed E-state index contributed by atoms with van der Waals surface area (Å²) in [5, 5.41) is 3.55. The van der Waals surface area contributed by atoms with Crippen molar-refractivity contribution in [3.8, 4) is 11.1 Å². The number of anilines is 1. The van der Waals surface area contributed by atoms with Crippen LogP contribution in [0.4, 0.5) is 10.1 Å². The predicted molar refractivity (Wildman–Crippen MR) is 125 cm³/mol. The quantitative estimate of drug-likeness (QED) is 0.415. The van der Waals surface area contributed by atoms with Crippen molar-refractivity contribution in [2.75, 3.05) is 19.4 Å². The Hall–Kier alpha value is -2.85. The van der Waals surface area contributed by atoms with Crippen molar-refractivity contribution in [3.63, 3.8) is 0 Å². The number of rotatable bonds is 5. The first-order valence-electron chi connectivity index (χ1n) is 9.34. The molecule has 0 spiro atoms. The Kier molecular flexibility index (Phi) is 6.00. The van der Waals surface area contributed by atoms with Crippen molar-refractivity contribution < 1.29 is 17.6 Å². The number of carbonyl (C=O) groups is 1. The summed E-state index contributed by atoms with van der Waals surface area (Å²) in [6, 6.07) is 14.0. The maximum Gasteiger partial charge on any atom is 0.265 e. The fourth-order valence-corrected chi connectivity index (χ4v) is 5.29. The Morgan fingerprint density at radius 2 is 1.78 bits per heavy atom. The van der Waals surface area contributed by atoms with E-state index in [1.807, 2.05) is 6.07 Å². The topological polar surface area (TPSA) is 79.4 Å². The number of benzene rings is 2. The van der Waals surface area contributed by atoms with Crippen LogP contribution in [-0.4, -0.2) is 37.7 Å². The lowest BCUT2D eigenvalue weighted by Gasteiger charge is -2.14. The highest BCUT2D eigenvalue weighted by Gasteiger charge is 2.22. The number of nitrogens with zero attached hydrogens (tertiary/aromatic N) is 2. The van der Waals surface area contributed by atoms with E-state index in [1.54, 1.807) is 24.4 Å². The van der Waals surface area contributed by atoms with Crippen molar-refractivity contribution in [1.29, 1.82) is 0 Å². The van der Waals surface area contributed by atoms with Gasteiger partial charge in [-0.25, -0.2) is 22.1 Å². The van der Waals surface area contributed by atoms with Gasteiger partial charge in [-0.15, -0.1) is 11.3 Å². The lowest BCUT2D eigenvalue weighted by molar-refractivity contribution is 0.103. The third kappa shape index (κ3) is 4.37. The van der Waals surface area contributed by atoms with Crippen molar-refractivity contribution in [1.82, 2.24) is 9.29 Å². The molecule has 0 unspecified atom stereocenters. The van der Waals surface area contributed by atoms with E-state index >= 15 is 0 Å². The van der Waals surface area contributed by atoms with Gasteiger partial charge in [0.1, 0.15) is 15.5 Å². The van der Waals surface area contributed by atoms with E-state index in [0.29, 0.717) is 15.4 Å². The number of amides is 1. The van der Waals surface area contributed by atoms with Gasteiger partial charge in [0.15, 0.2) is 0 Å². The van der Waals surface area contributed by atoms with Crippen LogP contribution in [0.25, 0.3) is 21.3 Å². The molecule has 0 saturated heterocycles. The van der Waals surface area contributed by atoms with Crippen molar-refractivity contribution >= 4 is 54.8 Å². The number of sulfonamides is 1. The lowest BCUT2D eigenvalue weighted by Crippen LogP contribution is -2.22. The molecule has 6 nitrogen and oxygen atoms in total. The van der Waals surface area contributed by atoms with Crippen molar-refractivity contribution in [2.24, 2.45) is 0 Å². The van der Waals surface area contributed by atoms with Gasteiger partial charge < -0.3 is 5.32 Å². The van der Waals surface area contributed by atoms with Gasteiger partial charge in [-0.1, -0.05) is 23.7 Å². The molecule has 0 aliphatic carbocycles. The fourth-order valence-electron chi connectivity index (χ4n) is 3.01. The monoisotopic (exact) mass is 489 g/mol.